The maximum Gasteiger partial charge on any atom is 0.494 e. The molecule has 216 valence electrons. The molecule has 44 heavy (non-hydrogen) atoms. The molecule has 0 bridgehead atoms. The molecule has 1 saturated heterocycles. The van der Waals surface area contributed by atoms with Gasteiger partial charge in [0.25, 0.3) is 0 Å². The van der Waals surface area contributed by atoms with E-state index in [0.717, 1.165) is 5.46 Å². The van der Waals surface area contributed by atoms with Crippen molar-refractivity contribution in [3.05, 3.63) is 126 Å². The van der Waals surface area contributed by atoms with Crippen molar-refractivity contribution in [2.45, 2.75) is 58.2 Å². The van der Waals surface area contributed by atoms with Crippen molar-refractivity contribution >= 4 is 34.1 Å². The minimum atomic E-state index is -0.390. The van der Waals surface area contributed by atoms with Gasteiger partial charge in [0.15, 0.2) is 0 Å². The summed E-state index contributed by atoms with van der Waals surface area (Å²) in [6, 6.07) is 42.4. The van der Waals surface area contributed by atoms with Gasteiger partial charge in [-0.2, -0.15) is 0 Å². The van der Waals surface area contributed by atoms with Gasteiger partial charge in [0, 0.05) is 5.41 Å². The lowest BCUT2D eigenvalue weighted by atomic mass is 9.73. The van der Waals surface area contributed by atoms with Crippen molar-refractivity contribution in [1.29, 1.82) is 0 Å². The molecular weight excluding hydrogens is 535 g/mol. The van der Waals surface area contributed by atoms with E-state index in [1.807, 2.05) is 0 Å². The molecular formula is C41H37BO2. The predicted octanol–water partition coefficient (Wildman–Crippen LogP) is 9.93. The highest BCUT2D eigenvalue weighted by Crippen LogP contribution is 2.54. The summed E-state index contributed by atoms with van der Waals surface area (Å²) >= 11 is 0. The van der Waals surface area contributed by atoms with Crippen LogP contribution >= 0.6 is 0 Å². The third-order valence-corrected chi connectivity index (χ3v) is 10.4. The molecule has 6 aromatic carbocycles. The number of hydrogen-bond acceptors (Lipinski definition) is 2. The average molecular weight is 573 g/mol. The van der Waals surface area contributed by atoms with Crippen LogP contribution in [0.2, 0.25) is 0 Å². The predicted molar refractivity (Wildman–Crippen MR) is 186 cm³/mol. The SMILES string of the molecule is CC1(C)c2cc(B3OC(C)(C)C(C)(C)O3)ccc2-c2cc3cc4c(-c5ccccc5)cccc4cc3c(-c3ccccc3)c21. The molecule has 1 aliphatic carbocycles. The molecule has 0 atom stereocenters. The molecule has 3 heteroatoms. The Kier molecular flexibility index (Phi) is 5.86. The maximum absolute atomic E-state index is 6.48. The highest BCUT2D eigenvalue weighted by atomic mass is 16.7. The largest absolute Gasteiger partial charge is 0.494 e. The van der Waals surface area contributed by atoms with Crippen LogP contribution in [0.15, 0.2) is 115 Å². The Morgan fingerprint density at radius 3 is 1.82 bits per heavy atom. The van der Waals surface area contributed by atoms with Gasteiger partial charge in [0.1, 0.15) is 0 Å². The smallest absolute Gasteiger partial charge is 0.399 e. The molecule has 0 saturated carbocycles. The van der Waals surface area contributed by atoms with Crippen LogP contribution < -0.4 is 5.46 Å². The fourth-order valence-corrected chi connectivity index (χ4v) is 7.38. The monoisotopic (exact) mass is 572 g/mol. The summed E-state index contributed by atoms with van der Waals surface area (Å²) in [6.07, 6.45) is 0. The van der Waals surface area contributed by atoms with Gasteiger partial charge in [-0.05, 0) is 117 Å². The van der Waals surface area contributed by atoms with Crippen molar-refractivity contribution < 1.29 is 9.31 Å². The van der Waals surface area contributed by atoms with Crippen molar-refractivity contribution in [2.24, 2.45) is 0 Å². The summed E-state index contributed by atoms with van der Waals surface area (Å²) in [7, 11) is -0.390. The lowest BCUT2D eigenvalue weighted by Crippen LogP contribution is -2.41. The van der Waals surface area contributed by atoms with E-state index >= 15 is 0 Å². The van der Waals surface area contributed by atoms with Crippen LogP contribution in [0.1, 0.15) is 52.7 Å². The summed E-state index contributed by atoms with van der Waals surface area (Å²) in [5.74, 6) is 0. The zero-order valence-corrected chi connectivity index (χ0v) is 26.4. The molecule has 8 rings (SSSR count). The van der Waals surface area contributed by atoms with Crippen LogP contribution in [0.5, 0.6) is 0 Å². The quantitative estimate of drug-likeness (QED) is 0.155. The first kappa shape index (κ1) is 27.4. The molecule has 1 aliphatic heterocycles. The molecule has 6 aromatic rings. The maximum atomic E-state index is 6.48. The summed E-state index contributed by atoms with van der Waals surface area (Å²) in [4.78, 5) is 0. The Morgan fingerprint density at radius 2 is 1.14 bits per heavy atom. The topological polar surface area (TPSA) is 18.5 Å². The highest BCUT2D eigenvalue weighted by molar-refractivity contribution is 6.62. The van der Waals surface area contributed by atoms with E-state index in [-0.39, 0.29) is 23.7 Å². The van der Waals surface area contributed by atoms with Crippen molar-refractivity contribution in [2.75, 3.05) is 0 Å². The van der Waals surface area contributed by atoms with Crippen molar-refractivity contribution in [1.82, 2.24) is 0 Å². The Morgan fingerprint density at radius 1 is 0.500 bits per heavy atom. The first-order valence-electron chi connectivity index (χ1n) is 15.7. The van der Waals surface area contributed by atoms with Gasteiger partial charge in [-0.15, -0.1) is 0 Å². The minimum absolute atomic E-state index is 0.218. The number of rotatable bonds is 3. The zero-order valence-electron chi connectivity index (χ0n) is 26.4. The lowest BCUT2D eigenvalue weighted by molar-refractivity contribution is 0.00578. The van der Waals surface area contributed by atoms with Crippen LogP contribution in [0.25, 0.3) is 54.9 Å². The second-order valence-electron chi connectivity index (χ2n) is 14.0. The van der Waals surface area contributed by atoms with Gasteiger partial charge >= 0.3 is 7.12 Å². The number of benzene rings is 6. The molecule has 1 heterocycles. The minimum Gasteiger partial charge on any atom is -0.399 e. The average Bonchev–Trinajstić information content (AvgIpc) is 3.38. The third-order valence-electron chi connectivity index (χ3n) is 10.4. The normalized spacial score (nSPS) is 17.6. The van der Waals surface area contributed by atoms with E-state index in [4.69, 9.17) is 9.31 Å². The molecule has 2 nitrogen and oxygen atoms in total. The van der Waals surface area contributed by atoms with E-state index in [1.54, 1.807) is 0 Å². The van der Waals surface area contributed by atoms with Gasteiger partial charge in [0.05, 0.1) is 11.2 Å². The summed E-state index contributed by atoms with van der Waals surface area (Å²) in [5.41, 5.74) is 10.5. The molecule has 0 amide bonds. The number of hydrogen-bond donors (Lipinski definition) is 0. The molecule has 0 unspecified atom stereocenters. The second kappa shape index (κ2) is 9.41. The molecule has 0 spiro atoms. The molecule has 1 fully saturated rings. The van der Waals surface area contributed by atoms with Crippen LogP contribution in [-0.2, 0) is 14.7 Å². The fourth-order valence-electron chi connectivity index (χ4n) is 7.38. The Hall–Kier alpha value is -4.18. The standard InChI is InChI=1S/C41H37BO2/c1-39(2)36-25-30(42-43-40(3,4)41(5,6)44-42)20-21-32(36)35-24-29-23-33-28(18-13-19-31(33)26-14-9-7-10-15-26)22-34(29)37(38(35)39)27-16-11-8-12-17-27/h7-25H,1-6H3. The zero-order chi connectivity index (χ0) is 30.4. The molecule has 0 aromatic heterocycles. The highest BCUT2D eigenvalue weighted by Gasteiger charge is 2.52. The van der Waals surface area contributed by atoms with Crippen LogP contribution in [0.4, 0.5) is 0 Å². The van der Waals surface area contributed by atoms with E-state index < -0.39 is 0 Å². The van der Waals surface area contributed by atoms with Gasteiger partial charge in [0.2, 0.25) is 0 Å². The Bertz CT molecular complexity index is 2080. The first-order valence-corrected chi connectivity index (χ1v) is 15.7. The van der Waals surface area contributed by atoms with Crippen LogP contribution in [-0.4, -0.2) is 18.3 Å². The lowest BCUT2D eigenvalue weighted by Gasteiger charge is -2.32. The summed E-state index contributed by atoms with van der Waals surface area (Å²) < 4.78 is 13.0. The Balaban J connectivity index is 1.38. The Labute approximate surface area is 260 Å². The molecule has 2 aliphatic rings. The van der Waals surface area contributed by atoms with E-state index in [0.29, 0.717) is 0 Å². The van der Waals surface area contributed by atoms with E-state index in [2.05, 4.69) is 157 Å². The third kappa shape index (κ3) is 3.96. The van der Waals surface area contributed by atoms with Gasteiger partial charge in [-0.3, -0.25) is 0 Å². The van der Waals surface area contributed by atoms with Crippen LogP contribution in [0.3, 0.4) is 0 Å². The first-order chi connectivity index (χ1) is 21.0. The molecule has 0 radical (unpaired) electrons. The fraction of sp³-hybridized carbons (Fsp3) is 0.220. The summed E-state index contributed by atoms with van der Waals surface area (Å²) in [6.45, 7) is 13.2. The van der Waals surface area contributed by atoms with Crippen LogP contribution in [0, 0.1) is 0 Å². The second-order valence-corrected chi connectivity index (χ2v) is 14.0. The number of fused-ring (bicyclic) bond motifs is 5. The summed E-state index contributed by atoms with van der Waals surface area (Å²) in [5, 5.41) is 5.09. The van der Waals surface area contributed by atoms with Gasteiger partial charge in [-0.25, -0.2) is 0 Å². The van der Waals surface area contributed by atoms with Crippen molar-refractivity contribution in [3.63, 3.8) is 0 Å². The van der Waals surface area contributed by atoms with Gasteiger partial charge in [-0.1, -0.05) is 111 Å². The van der Waals surface area contributed by atoms with Gasteiger partial charge < -0.3 is 9.31 Å². The van der Waals surface area contributed by atoms with E-state index in [1.165, 1.54) is 66.1 Å². The van der Waals surface area contributed by atoms with E-state index in [9.17, 15) is 0 Å². The molecule has 0 N–H and O–H groups in total. The van der Waals surface area contributed by atoms with Crippen molar-refractivity contribution in [3.8, 4) is 33.4 Å².